The number of anilines is 1. The average Bonchev–Trinajstić information content (AvgIpc) is 2.29. The molecule has 4 heteroatoms. The second kappa shape index (κ2) is 7.19. The highest BCUT2D eigenvalue weighted by molar-refractivity contribution is 5.44. The summed E-state index contributed by atoms with van der Waals surface area (Å²) in [5, 5.41) is 3.44. The van der Waals surface area contributed by atoms with E-state index in [0.717, 1.165) is 30.6 Å². The van der Waals surface area contributed by atoms with E-state index in [9.17, 15) is 0 Å². The Morgan fingerprint density at radius 3 is 3.00 bits per heavy atom. The molecule has 1 atom stereocenters. The van der Waals surface area contributed by atoms with Crippen LogP contribution in [0.3, 0.4) is 0 Å². The monoisotopic (exact) mass is 223 g/mol. The molecule has 0 fully saturated rings. The fourth-order valence-corrected chi connectivity index (χ4v) is 1.61. The Labute approximate surface area is 97.2 Å². The van der Waals surface area contributed by atoms with E-state index in [2.05, 4.69) is 17.2 Å². The summed E-state index contributed by atoms with van der Waals surface area (Å²) in [4.78, 5) is 4.09. The lowest BCUT2D eigenvalue weighted by molar-refractivity contribution is 0.166. The van der Waals surface area contributed by atoms with Gasteiger partial charge in [0.05, 0.1) is 6.61 Å². The number of pyridine rings is 1. The minimum absolute atomic E-state index is 0.302. The van der Waals surface area contributed by atoms with Crippen molar-refractivity contribution in [2.75, 3.05) is 26.0 Å². The number of methoxy groups -OCH3 is 1. The van der Waals surface area contributed by atoms with Crippen LogP contribution in [0.4, 0.5) is 5.69 Å². The molecule has 0 saturated carbocycles. The lowest BCUT2D eigenvalue weighted by atomic mass is 10.1. The molecular weight excluding hydrogens is 202 g/mol. The third kappa shape index (κ3) is 4.16. The summed E-state index contributed by atoms with van der Waals surface area (Å²) in [6.45, 7) is 3.83. The largest absolute Gasteiger partial charge is 0.398 e. The number of nitrogen functional groups attached to an aromatic ring is 1. The van der Waals surface area contributed by atoms with Crippen molar-refractivity contribution in [3.05, 3.63) is 24.0 Å². The van der Waals surface area contributed by atoms with Gasteiger partial charge in [-0.3, -0.25) is 4.98 Å². The summed E-state index contributed by atoms with van der Waals surface area (Å²) in [6, 6.07) is 2.13. The molecule has 1 rings (SSSR count). The van der Waals surface area contributed by atoms with Crippen LogP contribution < -0.4 is 11.1 Å². The molecule has 16 heavy (non-hydrogen) atoms. The molecule has 0 radical (unpaired) electrons. The van der Waals surface area contributed by atoms with Crippen LogP contribution >= 0.6 is 0 Å². The van der Waals surface area contributed by atoms with Crippen molar-refractivity contribution in [2.24, 2.45) is 0 Å². The first kappa shape index (κ1) is 12.9. The first-order valence-corrected chi connectivity index (χ1v) is 5.68. The minimum Gasteiger partial charge on any atom is -0.398 e. The van der Waals surface area contributed by atoms with Gasteiger partial charge >= 0.3 is 0 Å². The lowest BCUT2D eigenvalue weighted by Crippen LogP contribution is -2.35. The van der Waals surface area contributed by atoms with Gasteiger partial charge in [-0.2, -0.15) is 0 Å². The standard InChI is InChI=1S/C12H21N3O/c1-3-5-15-11(9-16-2)7-10-8-14-6-4-12(10)13/h4,6,8,11,15H,3,5,7,9H2,1-2H3,(H2,13,14). The number of nitrogens with one attached hydrogen (secondary N) is 1. The maximum Gasteiger partial charge on any atom is 0.0619 e. The molecule has 0 amide bonds. The molecule has 0 saturated heterocycles. The second-order valence-corrected chi connectivity index (χ2v) is 3.89. The summed E-state index contributed by atoms with van der Waals surface area (Å²) in [6.07, 6.45) is 5.51. The minimum atomic E-state index is 0.302. The molecule has 0 aliphatic heterocycles. The summed E-state index contributed by atoms with van der Waals surface area (Å²) in [7, 11) is 1.72. The Bertz CT molecular complexity index is 304. The number of nitrogens with two attached hydrogens (primary N) is 1. The van der Waals surface area contributed by atoms with Crippen molar-refractivity contribution in [2.45, 2.75) is 25.8 Å². The molecule has 0 aliphatic carbocycles. The normalized spacial score (nSPS) is 12.6. The second-order valence-electron chi connectivity index (χ2n) is 3.89. The highest BCUT2D eigenvalue weighted by Gasteiger charge is 2.10. The molecule has 1 unspecified atom stereocenters. The van der Waals surface area contributed by atoms with E-state index < -0.39 is 0 Å². The van der Waals surface area contributed by atoms with Gasteiger partial charge in [0.25, 0.3) is 0 Å². The van der Waals surface area contributed by atoms with Crippen LogP contribution in [0.5, 0.6) is 0 Å². The number of hydrogen-bond acceptors (Lipinski definition) is 4. The highest BCUT2D eigenvalue weighted by atomic mass is 16.5. The Morgan fingerprint density at radius 2 is 2.38 bits per heavy atom. The molecular formula is C12H21N3O. The molecule has 4 nitrogen and oxygen atoms in total. The first-order chi connectivity index (χ1) is 7.77. The van der Waals surface area contributed by atoms with Crippen molar-refractivity contribution < 1.29 is 4.74 Å². The van der Waals surface area contributed by atoms with E-state index in [1.54, 1.807) is 13.3 Å². The maximum atomic E-state index is 5.89. The summed E-state index contributed by atoms with van der Waals surface area (Å²) in [5.41, 5.74) is 7.76. The fraction of sp³-hybridized carbons (Fsp3) is 0.583. The topological polar surface area (TPSA) is 60.2 Å². The molecule has 1 aromatic rings. The van der Waals surface area contributed by atoms with E-state index in [-0.39, 0.29) is 0 Å². The van der Waals surface area contributed by atoms with E-state index >= 15 is 0 Å². The number of nitrogens with zero attached hydrogens (tertiary/aromatic N) is 1. The molecule has 90 valence electrons. The summed E-state index contributed by atoms with van der Waals surface area (Å²) in [5.74, 6) is 0. The Morgan fingerprint density at radius 1 is 1.56 bits per heavy atom. The Kier molecular flexibility index (Phi) is 5.82. The number of aromatic nitrogens is 1. The van der Waals surface area contributed by atoms with Gasteiger partial charge in [-0.1, -0.05) is 6.92 Å². The van der Waals surface area contributed by atoms with Crippen LogP contribution in [-0.4, -0.2) is 31.3 Å². The van der Waals surface area contributed by atoms with Gasteiger partial charge in [-0.15, -0.1) is 0 Å². The smallest absolute Gasteiger partial charge is 0.0619 e. The summed E-state index contributed by atoms with van der Waals surface area (Å²) >= 11 is 0. The first-order valence-electron chi connectivity index (χ1n) is 5.68. The Hall–Kier alpha value is -1.13. The summed E-state index contributed by atoms with van der Waals surface area (Å²) < 4.78 is 5.19. The van der Waals surface area contributed by atoms with Gasteiger partial charge in [0.2, 0.25) is 0 Å². The van der Waals surface area contributed by atoms with Crippen LogP contribution in [0.15, 0.2) is 18.5 Å². The zero-order valence-electron chi connectivity index (χ0n) is 10.1. The molecule has 1 heterocycles. The van der Waals surface area contributed by atoms with Gasteiger partial charge in [0.1, 0.15) is 0 Å². The van der Waals surface area contributed by atoms with Gasteiger partial charge in [-0.05, 0) is 31.0 Å². The average molecular weight is 223 g/mol. The van der Waals surface area contributed by atoms with E-state index in [1.807, 2.05) is 12.3 Å². The van der Waals surface area contributed by atoms with Gasteiger partial charge in [0, 0.05) is 31.2 Å². The van der Waals surface area contributed by atoms with Crippen LogP contribution in [0.1, 0.15) is 18.9 Å². The molecule has 0 bridgehead atoms. The van der Waals surface area contributed by atoms with Gasteiger partial charge in [0.15, 0.2) is 0 Å². The molecule has 0 aromatic carbocycles. The molecule has 0 spiro atoms. The van der Waals surface area contributed by atoms with Crippen molar-refractivity contribution in [1.29, 1.82) is 0 Å². The van der Waals surface area contributed by atoms with Crippen molar-refractivity contribution >= 4 is 5.69 Å². The maximum absolute atomic E-state index is 5.89. The zero-order chi connectivity index (χ0) is 11.8. The molecule has 0 aliphatic rings. The van der Waals surface area contributed by atoms with Crippen LogP contribution in [0.2, 0.25) is 0 Å². The predicted octanol–water partition coefficient (Wildman–Crippen LogP) is 1.22. The van der Waals surface area contributed by atoms with Gasteiger partial charge in [-0.25, -0.2) is 0 Å². The predicted molar refractivity (Wildman–Crippen MR) is 66.3 cm³/mol. The van der Waals surface area contributed by atoms with E-state index in [1.165, 1.54) is 0 Å². The van der Waals surface area contributed by atoms with Crippen LogP contribution in [-0.2, 0) is 11.2 Å². The van der Waals surface area contributed by atoms with E-state index in [4.69, 9.17) is 10.5 Å². The zero-order valence-corrected chi connectivity index (χ0v) is 10.1. The number of rotatable bonds is 7. The Balaban J connectivity index is 2.56. The highest BCUT2D eigenvalue weighted by Crippen LogP contribution is 2.11. The lowest BCUT2D eigenvalue weighted by Gasteiger charge is -2.18. The quantitative estimate of drug-likeness (QED) is 0.729. The SMILES string of the molecule is CCCNC(COC)Cc1cnccc1N. The number of hydrogen-bond donors (Lipinski definition) is 2. The van der Waals surface area contributed by atoms with E-state index in [0.29, 0.717) is 12.6 Å². The van der Waals surface area contributed by atoms with Crippen LogP contribution in [0.25, 0.3) is 0 Å². The third-order valence-electron chi connectivity index (χ3n) is 2.46. The van der Waals surface area contributed by atoms with Crippen LogP contribution in [0, 0.1) is 0 Å². The van der Waals surface area contributed by atoms with Crippen molar-refractivity contribution in [3.8, 4) is 0 Å². The molecule has 3 N–H and O–H groups in total. The van der Waals surface area contributed by atoms with Gasteiger partial charge < -0.3 is 15.8 Å². The van der Waals surface area contributed by atoms with Crippen molar-refractivity contribution in [1.82, 2.24) is 10.3 Å². The number of ether oxygens (including phenoxy) is 1. The fourth-order valence-electron chi connectivity index (χ4n) is 1.61. The van der Waals surface area contributed by atoms with Crippen molar-refractivity contribution in [3.63, 3.8) is 0 Å². The third-order valence-corrected chi connectivity index (χ3v) is 2.46. The molecule has 1 aromatic heterocycles.